The first kappa shape index (κ1) is 17.4. The van der Waals surface area contributed by atoms with Crippen molar-refractivity contribution in [1.29, 1.82) is 0 Å². The van der Waals surface area contributed by atoms with E-state index in [1.165, 1.54) is 11.8 Å². The van der Waals surface area contributed by atoms with Crippen molar-refractivity contribution in [2.45, 2.75) is 45.4 Å². The van der Waals surface area contributed by atoms with E-state index in [1.807, 2.05) is 20.8 Å². The molecular formula is C15H24N4O4. The molecule has 1 fully saturated rings. The Hall–Kier alpha value is -1.93. The summed E-state index contributed by atoms with van der Waals surface area (Å²) in [7, 11) is 1.31. The van der Waals surface area contributed by atoms with Crippen molar-refractivity contribution in [1.82, 2.24) is 9.78 Å². The first-order valence-corrected chi connectivity index (χ1v) is 7.56. The molecule has 1 aromatic rings. The maximum atomic E-state index is 12.5. The number of aromatic nitrogens is 2. The van der Waals surface area contributed by atoms with Gasteiger partial charge in [0.05, 0.1) is 13.2 Å². The number of nitrogens with one attached hydrogen (secondary N) is 1. The Morgan fingerprint density at radius 2 is 2.22 bits per heavy atom. The summed E-state index contributed by atoms with van der Waals surface area (Å²) >= 11 is 0. The standard InChI is InChI=1S/C15H24N4O4/c1-5-23-10-8-15(16,14(10,2)3)13(21)17-11-6-7-19(18-11)9-12(20)22-4/h6-7,10H,5,8-9,16H2,1-4H3,(H,17,18,21). The average Bonchev–Trinajstić information content (AvgIpc) is 2.93. The van der Waals surface area contributed by atoms with Gasteiger partial charge in [-0.2, -0.15) is 5.10 Å². The molecule has 8 nitrogen and oxygen atoms in total. The number of amides is 1. The topological polar surface area (TPSA) is 108 Å². The Kier molecular flexibility index (Phi) is 4.76. The highest BCUT2D eigenvalue weighted by Crippen LogP contribution is 2.50. The Bertz CT molecular complexity index is 598. The van der Waals surface area contributed by atoms with Crippen LogP contribution < -0.4 is 11.1 Å². The molecule has 2 atom stereocenters. The lowest BCUT2D eigenvalue weighted by molar-refractivity contribution is -0.166. The third kappa shape index (κ3) is 3.09. The molecule has 1 amide bonds. The molecule has 0 aromatic carbocycles. The van der Waals surface area contributed by atoms with Crippen LogP contribution >= 0.6 is 0 Å². The first-order chi connectivity index (χ1) is 10.7. The summed E-state index contributed by atoms with van der Waals surface area (Å²) in [4.78, 5) is 23.7. The fourth-order valence-corrected chi connectivity index (χ4v) is 2.76. The normalized spacial score (nSPS) is 25.5. The third-order valence-electron chi connectivity index (χ3n) is 4.64. The summed E-state index contributed by atoms with van der Waals surface area (Å²) in [6.07, 6.45) is 2.01. The minimum Gasteiger partial charge on any atom is -0.468 e. The van der Waals surface area contributed by atoms with E-state index in [9.17, 15) is 9.59 Å². The Morgan fingerprint density at radius 3 is 2.78 bits per heavy atom. The van der Waals surface area contributed by atoms with Crippen molar-refractivity contribution in [3.05, 3.63) is 12.3 Å². The fraction of sp³-hybridized carbons (Fsp3) is 0.667. The highest BCUT2D eigenvalue weighted by atomic mass is 16.5. The van der Waals surface area contributed by atoms with Gasteiger partial charge in [0.15, 0.2) is 5.82 Å². The van der Waals surface area contributed by atoms with Crippen LogP contribution in [0.3, 0.4) is 0 Å². The van der Waals surface area contributed by atoms with Crippen LogP contribution in [-0.2, 0) is 25.6 Å². The van der Waals surface area contributed by atoms with Gasteiger partial charge in [-0.3, -0.25) is 14.3 Å². The molecule has 1 aliphatic carbocycles. The van der Waals surface area contributed by atoms with E-state index in [0.717, 1.165) is 0 Å². The fourth-order valence-electron chi connectivity index (χ4n) is 2.76. The minimum absolute atomic E-state index is 0.0158. The lowest BCUT2D eigenvalue weighted by Gasteiger charge is -2.57. The van der Waals surface area contributed by atoms with Crippen molar-refractivity contribution >= 4 is 17.7 Å². The number of anilines is 1. The van der Waals surface area contributed by atoms with Crippen LogP contribution in [0.1, 0.15) is 27.2 Å². The largest absolute Gasteiger partial charge is 0.468 e. The summed E-state index contributed by atoms with van der Waals surface area (Å²) in [5.41, 5.74) is 4.82. The smallest absolute Gasteiger partial charge is 0.327 e. The van der Waals surface area contributed by atoms with Crippen LogP contribution in [0.25, 0.3) is 0 Å². The van der Waals surface area contributed by atoms with E-state index in [2.05, 4.69) is 15.2 Å². The molecule has 2 unspecified atom stereocenters. The second kappa shape index (κ2) is 6.29. The zero-order valence-corrected chi connectivity index (χ0v) is 14.0. The molecule has 1 heterocycles. The number of ether oxygens (including phenoxy) is 2. The van der Waals surface area contributed by atoms with Crippen molar-refractivity contribution < 1.29 is 19.1 Å². The molecule has 0 bridgehead atoms. The number of carbonyl (C=O) groups is 2. The number of nitrogens with two attached hydrogens (primary N) is 1. The van der Waals surface area contributed by atoms with Crippen molar-refractivity contribution in [3.63, 3.8) is 0 Å². The summed E-state index contributed by atoms with van der Waals surface area (Å²) in [6, 6.07) is 1.61. The number of hydrogen-bond donors (Lipinski definition) is 2. The molecule has 0 spiro atoms. The molecule has 8 heteroatoms. The molecular weight excluding hydrogens is 300 g/mol. The summed E-state index contributed by atoms with van der Waals surface area (Å²) < 4.78 is 11.6. The molecule has 0 radical (unpaired) electrons. The van der Waals surface area contributed by atoms with Crippen LogP contribution in [0.15, 0.2) is 12.3 Å². The third-order valence-corrected chi connectivity index (χ3v) is 4.64. The highest BCUT2D eigenvalue weighted by Gasteiger charge is 2.62. The van der Waals surface area contributed by atoms with Crippen LogP contribution in [-0.4, -0.2) is 47.0 Å². The van der Waals surface area contributed by atoms with Gasteiger partial charge in [-0.05, 0) is 6.92 Å². The van der Waals surface area contributed by atoms with Gasteiger partial charge in [-0.15, -0.1) is 0 Å². The molecule has 3 N–H and O–H groups in total. The molecule has 23 heavy (non-hydrogen) atoms. The molecule has 1 saturated carbocycles. The number of rotatable bonds is 6. The van der Waals surface area contributed by atoms with Crippen LogP contribution in [0.2, 0.25) is 0 Å². The predicted octanol–water partition coefficient (Wildman–Crippen LogP) is 0.527. The lowest BCUT2D eigenvalue weighted by atomic mass is 9.54. The van der Waals surface area contributed by atoms with Gasteiger partial charge in [-0.25, -0.2) is 0 Å². The van der Waals surface area contributed by atoms with E-state index in [-0.39, 0.29) is 18.6 Å². The number of nitrogens with zero attached hydrogens (tertiary/aromatic N) is 2. The molecule has 1 aromatic heterocycles. The van der Waals surface area contributed by atoms with Crippen molar-refractivity contribution in [2.24, 2.45) is 11.1 Å². The van der Waals surface area contributed by atoms with Gasteiger partial charge < -0.3 is 20.5 Å². The number of hydrogen-bond acceptors (Lipinski definition) is 6. The number of carbonyl (C=O) groups excluding carboxylic acids is 2. The Morgan fingerprint density at radius 1 is 1.52 bits per heavy atom. The van der Waals surface area contributed by atoms with E-state index in [0.29, 0.717) is 18.8 Å². The second-order valence-corrected chi connectivity index (χ2v) is 6.27. The Labute approximate surface area is 135 Å². The number of esters is 1. The number of methoxy groups -OCH3 is 1. The van der Waals surface area contributed by atoms with Crippen molar-refractivity contribution in [3.8, 4) is 0 Å². The first-order valence-electron chi connectivity index (χ1n) is 7.56. The maximum absolute atomic E-state index is 12.5. The van der Waals surface area contributed by atoms with Gasteiger partial charge in [0, 0.05) is 30.7 Å². The molecule has 0 saturated heterocycles. The maximum Gasteiger partial charge on any atom is 0.327 e. The summed E-state index contributed by atoms with van der Waals surface area (Å²) in [5, 5.41) is 6.82. The Balaban J connectivity index is 2.01. The molecule has 1 aliphatic rings. The van der Waals surface area contributed by atoms with E-state index in [1.54, 1.807) is 12.3 Å². The SMILES string of the molecule is CCOC1CC(N)(C(=O)Nc2ccn(CC(=O)OC)n2)C1(C)C. The lowest BCUT2D eigenvalue weighted by Crippen LogP contribution is -2.74. The predicted molar refractivity (Wildman–Crippen MR) is 83.6 cm³/mol. The van der Waals surface area contributed by atoms with Crippen molar-refractivity contribution in [2.75, 3.05) is 19.0 Å². The second-order valence-electron chi connectivity index (χ2n) is 6.27. The van der Waals surface area contributed by atoms with E-state index in [4.69, 9.17) is 10.5 Å². The molecule has 2 rings (SSSR count). The van der Waals surface area contributed by atoms with Crippen LogP contribution in [0, 0.1) is 5.41 Å². The average molecular weight is 324 g/mol. The minimum atomic E-state index is -1.01. The monoisotopic (exact) mass is 324 g/mol. The van der Waals surface area contributed by atoms with E-state index < -0.39 is 16.9 Å². The van der Waals surface area contributed by atoms with Gasteiger partial charge in [0.25, 0.3) is 0 Å². The van der Waals surface area contributed by atoms with Gasteiger partial charge >= 0.3 is 5.97 Å². The molecule has 0 aliphatic heterocycles. The van der Waals surface area contributed by atoms with Gasteiger partial charge in [0.2, 0.25) is 5.91 Å². The zero-order chi connectivity index (χ0) is 17.3. The summed E-state index contributed by atoms with van der Waals surface area (Å²) in [5.74, 6) is -0.373. The quantitative estimate of drug-likeness (QED) is 0.739. The zero-order valence-electron chi connectivity index (χ0n) is 14.0. The van der Waals surface area contributed by atoms with E-state index >= 15 is 0 Å². The van der Waals surface area contributed by atoms with Gasteiger partial charge in [0.1, 0.15) is 12.1 Å². The summed E-state index contributed by atoms with van der Waals surface area (Å²) in [6.45, 7) is 6.33. The van der Waals surface area contributed by atoms with Crippen LogP contribution in [0.5, 0.6) is 0 Å². The highest BCUT2D eigenvalue weighted by molar-refractivity contribution is 5.99. The van der Waals surface area contributed by atoms with Gasteiger partial charge in [-0.1, -0.05) is 13.8 Å². The van der Waals surface area contributed by atoms with Crippen LogP contribution in [0.4, 0.5) is 5.82 Å². The molecule has 128 valence electrons.